The van der Waals surface area contributed by atoms with Crippen LogP contribution < -0.4 is 0 Å². The van der Waals surface area contributed by atoms with E-state index in [1.54, 1.807) is 0 Å². The molecule has 0 N–H and O–H groups in total. The highest BCUT2D eigenvalue weighted by Crippen LogP contribution is 2.42. The molecule has 1 aliphatic carbocycles. The van der Waals surface area contributed by atoms with Crippen molar-refractivity contribution in [1.82, 2.24) is 0 Å². The summed E-state index contributed by atoms with van der Waals surface area (Å²) in [5.74, 6) is 1.65. The zero-order valence-electron chi connectivity index (χ0n) is 4.36. The van der Waals surface area contributed by atoms with Gasteiger partial charge in [0.1, 0.15) is 0 Å². The van der Waals surface area contributed by atoms with E-state index in [0.29, 0.717) is 0 Å². The fourth-order valence-electron chi connectivity index (χ4n) is 0.654. The first-order chi connectivity index (χ1) is 2.73. The van der Waals surface area contributed by atoms with Crippen LogP contribution in [-0.2, 0) is 0 Å². The summed E-state index contributed by atoms with van der Waals surface area (Å²) in [7, 11) is 0. The molecule has 0 nitrogen and oxygen atoms in total. The van der Waals surface area contributed by atoms with Crippen LogP contribution in [0.15, 0.2) is 12.2 Å². The zero-order valence-corrected chi connectivity index (χ0v) is 4.36. The zero-order chi connectivity index (χ0) is 4.73. The van der Waals surface area contributed by atoms with Crippen molar-refractivity contribution >= 4 is 0 Å². The van der Waals surface area contributed by atoms with Crippen LogP contribution in [0.1, 0.15) is 13.8 Å². The van der Waals surface area contributed by atoms with Crippen molar-refractivity contribution in [3.05, 3.63) is 12.2 Å². The van der Waals surface area contributed by atoms with Crippen molar-refractivity contribution in [3.63, 3.8) is 0 Å². The third-order valence-electron chi connectivity index (χ3n) is 1.81. The van der Waals surface area contributed by atoms with Crippen molar-refractivity contribution in [3.8, 4) is 0 Å². The predicted octanol–water partition coefficient (Wildman–Crippen LogP) is 1.83. The first-order valence-corrected chi connectivity index (χ1v) is 2.42. The van der Waals surface area contributed by atoms with E-state index in [-0.39, 0.29) is 0 Å². The molecule has 6 heavy (non-hydrogen) atoms. The topological polar surface area (TPSA) is 0 Å². The van der Waals surface area contributed by atoms with E-state index in [4.69, 9.17) is 0 Å². The SMILES string of the molecule is C=C1C(C)C1C. The molecule has 2 unspecified atom stereocenters. The lowest BCUT2D eigenvalue weighted by Crippen LogP contribution is -1.58. The normalized spacial score (nSPS) is 43.3. The molecule has 0 aromatic heterocycles. The van der Waals surface area contributed by atoms with Gasteiger partial charge in [0.05, 0.1) is 0 Å². The lowest BCUT2D eigenvalue weighted by Gasteiger charge is -1.65. The monoisotopic (exact) mass is 82.1 g/mol. The largest absolute Gasteiger partial charge is 0.0993 e. The molecule has 1 rings (SSSR count). The van der Waals surface area contributed by atoms with Gasteiger partial charge in [-0.3, -0.25) is 0 Å². The maximum Gasteiger partial charge on any atom is -0.0168 e. The van der Waals surface area contributed by atoms with Crippen molar-refractivity contribution in [1.29, 1.82) is 0 Å². The van der Waals surface area contributed by atoms with Crippen LogP contribution in [-0.4, -0.2) is 0 Å². The fourth-order valence-corrected chi connectivity index (χ4v) is 0.654. The Kier molecular flexibility index (Phi) is 0.566. The average Bonchev–Trinajstić information content (AvgIpc) is 1.94. The lowest BCUT2D eigenvalue weighted by atomic mass is 10.4. The van der Waals surface area contributed by atoms with Gasteiger partial charge in [-0.15, -0.1) is 0 Å². The Balaban J connectivity index is 2.51. The molecule has 2 atom stereocenters. The Hall–Kier alpha value is -0.260. The lowest BCUT2D eigenvalue weighted by molar-refractivity contribution is 0.834. The van der Waals surface area contributed by atoms with Gasteiger partial charge in [0, 0.05) is 0 Å². The van der Waals surface area contributed by atoms with Gasteiger partial charge < -0.3 is 0 Å². The van der Waals surface area contributed by atoms with Crippen molar-refractivity contribution < 1.29 is 0 Å². The van der Waals surface area contributed by atoms with E-state index in [1.807, 2.05) is 0 Å². The van der Waals surface area contributed by atoms with E-state index in [1.165, 1.54) is 5.57 Å². The van der Waals surface area contributed by atoms with Crippen molar-refractivity contribution in [2.45, 2.75) is 13.8 Å². The number of allylic oxidation sites excluding steroid dienone is 1. The van der Waals surface area contributed by atoms with Gasteiger partial charge in [-0.25, -0.2) is 0 Å². The van der Waals surface area contributed by atoms with E-state index in [9.17, 15) is 0 Å². The molecule has 0 amide bonds. The van der Waals surface area contributed by atoms with Gasteiger partial charge in [-0.1, -0.05) is 26.0 Å². The average molecular weight is 82.1 g/mol. The van der Waals surface area contributed by atoms with Gasteiger partial charge in [0.25, 0.3) is 0 Å². The molecule has 0 aromatic carbocycles. The summed E-state index contributed by atoms with van der Waals surface area (Å²) in [5, 5.41) is 0. The predicted molar refractivity (Wildman–Crippen MR) is 27.5 cm³/mol. The molecule has 0 aromatic rings. The molecular weight excluding hydrogens is 72.1 g/mol. The molecule has 0 radical (unpaired) electrons. The molecule has 1 aliphatic rings. The molecule has 0 spiro atoms. The summed E-state index contributed by atoms with van der Waals surface area (Å²) in [6.07, 6.45) is 0. The van der Waals surface area contributed by atoms with E-state index >= 15 is 0 Å². The number of hydrogen-bond donors (Lipinski definition) is 0. The van der Waals surface area contributed by atoms with Crippen LogP contribution in [0.4, 0.5) is 0 Å². The molecule has 0 heteroatoms. The Bertz CT molecular complexity index is 72.0. The van der Waals surface area contributed by atoms with E-state index in [2.05, 4.69) is 20.4 Å². The molecule has 1 fully saturated rings. The van der Waals surface area contributed by atoms with Crippen LogP contribution in [0.5, 0.6) is 0 Å². The standard InChI is InChI=1S/C6H10/c1-4-5(2)6(4)3/h5-6H,1H2,2-3H3. The minimum absolute atomic E-state index is 0.824. The first kappa shape index (κ1) is 3.91. The highest BCUT2D eigenvalue weighted by molar-refractivity contribution is 5.22. The maximum absolute atomic E-state index is 3.83. The number of rotatable bonds is 0. The minimum Gasteiger partial charge on any atom is -0.0993 e. The van der Waals surface area contributed by atoms with Crippen LogP contribution in [0.3, 0.4) is 0 Å². The first-order valence-electron chi connectivity index (χ1n) is 2.42. The minimum atomic E-state index is 0.824. The Labute approximate surface area is 38.9 Å². The summed E-state index contributed by atoms with van der Waals surface area (Å²) in [6, 6.07) is 0. The van der Waals surface area contributed by atoms with E-state index in [0.717, 1.165) is 11.8 Å². The third-order valence-corrected chi connectivity index (χ3v) is 1.81. The van der Waals surface area contributed by atoms with Gasteiger partial charge in [-0.05, 0) is 11.8 Å². The van der Waals surface area contributed by atoms with Crippen molar-refractivity contribution in [2.75, 3.05) is 0 Å². The summed E-state index contributed by atoms with van der Waals surface area (Å²) in [5.41, 5.74) is 1.43. The van der Waals surface area contributed by atoms with E-state index < -0.39 is 0 Å². The van der Waals surface area contributed by atoms with Crippen LogP contribution in [0, 0.1) is 11.8 Å². The molecule has 34 valence electrons. The molecule has 0 saturated heterocycles. The van der Waals surface area contributed by atoms with Crippen LogP contribution in [0.25, 0.3) is 0 Å². The Morgan fingerprint density at radius 1 is 1.33 bits per heavy atom. The molecule has 0 bridgehead atoms. The Morgan fingerprint density at radius 2 is 1.50 bits per heavy atom. The summed E-state index contributed by atoms with van der Waals surface area (Å²) < 4.78 is 0. The fraction of sp³-hybridized carbons (Fsp3) is 0.667. The number of hydrogen-bond acceptors (Lipinski definition) is 0. The highest BCUT2D eigenvalue weighted by atomic mass is 14.4. The van der Waals surface area contributed by atoms with Gasteiger partial charge in [-0.2, -0.15) is 0 Å². The summed E-state index contributed by atoms with van der Waals surface area (Å²) in [4.78, 5) is 0. The highest BCUT2D eigenvalue weighted by Gasteiger charge is 2.32. The molecule has 0 aliphatic heterocycles. The van der Waals surface area contributed by atoms with Gasteiger partial charge in [0.2, 0.25) is 0 Å². The molecule has 0 heterocycles. The van der Waals surface area contributed by atoms with Crippen LogP contribution >= 0.6 is 0 Å². The smallest absolute Gasteiger partial charge is 0.0168 e. The molecule has 1 saturated carbocycles. The second-order valence-corrected chi connectivity index (χ2v) is 2.15. The molecular formula is C6H10. The second-order valence-electron chi connectivity index (χ2n) is 2.15. The Morgan fingerprint density at radius 3 is 1.50 bits per heavy atom. The summed E-state index contributed by atoms with van der Waals surface area (Å²) in [6.45, 7) is 8.26. The van der Waals surface area contributed by atoms with Crippen LogP contribution in [0.2, 0.25) is 0 Å². The van der Waals surface area contributed by atoms with Gasteiger partial charge >= 0.3 is 0 Å². The van der Waals surface area contributed by atoms with Crippen molar-refractivity contribution in [2.24, 2.45) is 11.8 Å². The maximum atomic E-state index is 3.83. The third kappa shape index (κ3) is 0.296. The quantitative estimate of drug-likeness (QED) is 0.391. The summed E-state index contributed by atoms with van der Waals surface area (Å²) >= 11 is 0. The second kappa shape index (κ2) is 0.868. The van der Waals surface area contributed by atoms with Gasteiger partial charge in [0.15, 0.2) is 0 Å².